The standard InChI is InChI=1S/C15H25F3O4/c1-6-14(5,9-12(20)21-10-15(16,17)18)22-11(19)7-8-13(2,3)4/h6-10H2,1-5H3. The summed E-state index contributed by atoms with van der Waals surface area (Å²) in [4.78, 5) is 23.3. The van der Waals surface area contributed by atoms with Gasteiger partial charge in [-0.05, 0) is 25.2 Å². The lowest BCUT2D eigenvalue weighted by molar-refractivity contribution is -0.191. The molecule has 7 heteroatoms. The summed E-state index contributed by atoms with van der Waals surface area (Å²) in [6.07, 6.45) is -3.86. The Balaban J connectivity index is 4.45. The maximum absolute atomic E-state index is 12.0. The van der Waals surface area contributed by atoms with Gasteiger partial charge in [0.1, 0.15) is 5.60 Å². The largest absolute Gasteiger partial charge is 0.459 e. The highest BCUT2D eigenvalue weighted by molar-refractivity contribution is 5.73. The van der Waals surface area contributed by atoms with Gasteiger partial charge in [0.25, 0.3) is 0 Å². The zero-order valence-corrected chi connectivity index (χ0v) is 13.8. The third-order valence-corrected chi connectivity index (χ3v) is 3.10. The van der Waals surface area contributed by atoms with Gasteiger partial charge in [-0.2, -0.15) is 13.2 Å². The average Bonchev–Trinajstić information content (AvgIpc) is 2.32. The summed E-state index contributed by atoms with van der Waals surface area (Å²) in [5, 5.41) is 0. The topological polar surface area (TPSA) is 52.6 Å². The van der Waals surface area contributed by atoms with E-state index in [1.165, 1.54) is 6.92 Å². The van der Waals surface area contributed by atoms with Gasteiger partial charge in [0, 0.05) is 6.42 Å². The van der Waals surface area contributed by atoms with E-state index in [1.807, 2.05) is 20.8 Å². The summed E-state index contributed by atoms with van der Waals surface area (Å²) >= 11 is 0. The molecule has 1 unspecified atom stereocenters. The quantitative estimate of drug-likeness (QED) is 0.663. The molecule has 0 amide bonds. The number of carbonyl (C=O) groups is 2. The molecule has 0 aliphatic rings. The van der Waals surface area contributed by atoms with Crippen molar-refractivity contribution in [3.63, 3.8) is 0 Å². The van der Waals surface area contributed by atoms with E-state index in [1.54, 1.807) is 6.92 Å². The zero-order valence-electron chi connectivity index (χ0n) is 13.8. The van der Waals surface area contributed by atoms with Gasteiger partial charge in [-0.3, -0.25) is 9.59 Å². The highest BCUT2D eigenvalue weighted by atomic mass is 19.4. The van der Waals surface area contributed by atoms with Crippen LogP contribution in [0.2, 0.25) is 0 Å². The highest BCUT2D eigenvalue weighted by Crippen LogP contribution is 2.25. The Morgan fingerprint density at radius 1 is 1.00 bits per heavy atom. The van der Waals surface area contributed by atoms with Gasteiger partial charge in [0.05, 0.1) is 6.42 Å². The third kappa shape index (κ3) is 10.5. The number of carbonyl (C=O) groups excluding carboxylic acids is 2. The number of hydrogen-bond acceptors (Lipinski definition) is 4. The van der Waals surface area contributed by atoms with Crippen molar-refractivity contribution in [2.24, 2.45) is 5.41 Å². The van der Waals surface area contributed by atoms with E-state index in [2.05, 4.69) is 4.74 Å². The predicted octanol–water partition coefficient (Wildman–Crippen LogP) is 4.02. The van der Waals surface area contributed by atoms with Crippen molar-refractivity contribution in [2.75, 3.05) is 6.61 Å². The van der Waals surface area contributed by atoms with Crippen molar-refractivity contribution < 1.29 is 32.2 Å². The molecule has 0 aliphatic carbocycles. The number of halogens is 3. The van der Waals surface area contributed by atoms with Gasteiger partial charge in [0.15, 0.2) is 6.61 Å². The molecule has 1 atom stereocenters. The van der Waals surface area contributed by atoms with Crippen molar-refractivity contribution in [3.8, 4) is 0 Å². The second kappa shape index (κ2) is 7.83. The molecular formula is C15H25F3O4. The molecule has 0 aliphatic heterocycles. The Hall–Kier alpha value is -1.27. The Labute approximate surface area is 129 Å². The molecule has 0 N–H and O–H groups in total. The molecule has 0 bridgehead atoms. The number of rotatable bonds is 7. The number of esters is 2. The molecule has 0 spiro atoms. The van der Waals surface area contributed by atoms with Crippen molar-refractivity contribution >= 4 is 11.9 Å². The van der Waals surface area contributed by atoms with E-state index in [0.29, 0.717) is 12.8 Å². The summed E-state index contributed by atoms with van der Waals surface area (Å²) in [5.41, 5.74) is -1.19. The molecular weight excluding hydrogens is 301 g/mol. The maximum Gasteiger partial charge on any atom is 0.422 e. The molecule has 0 radical (unpaired) electrons. The van der Waals surface area contributed by atoms with Crippen LogP contribution < -0.4 is 0 Å². The second-order valence-corrected chi connectivity index (χ2v) is 6.79. The van der Waals surface area contributed by atoms with Crippen LogP contribution in [0.25, 0.3) is 0 Å². The Kier molecular flexibility index (Phi) is 7.38. The van der Waals surface area contributed by atoms with Gasteiger partial charge in [0.2, 0.25) is 0 Å². The lowest BCUT2D eigenvalue weighted by Gasteiger charge is -2.28. The fraction of sp³-hybridized carbons (Fsp3) is 0.867. The summed E-state index contributed by atoms with van der Waals surface area (Å²) in [6, 6.07) is 0. The SMILES string of the molecule is CCC(C)(CC(=O)OCC(F)(F)F)OC(=O)CCC(C)(C)C. The molecule has 0 rings (SSSR count). The normalized spacial score (nSPS) is 15.1. The van der Waals surface area contributed by atoms with Gasteiger partial charge >= 0.3 is 18.1 Å². The van der Waals surface area contributed by atoms with Crippen molar-refractivity contribution in [2.45, 2.75) is 72.1 Å². The van der Waals surface area contributed by atoms with E-state index in [9.17, 15) is 22.8 Å². The molecule has 22 heavy (non-hydrogen) atoms. The first-order chi connectivity index (χ1) is 9.76. The number of alkyl halides is 3. The molecule has 0 saturated carbocycles. The number of ether oxygens (including phenoxy) is 2. The second-order valence-electron chi connectivity index (χ2n) is 6.79. The van der Waals surface area contributed by atoms with Crippen LogP contribution in [0.4, 0.5) is 13.2 Å². The summed E-state index contributed by atoms with van der Waals surface area (Å²) in [7, 11) is 0. The van der Waals surface area contributed by atoms with E-state index in [0.717, 1.165) is 0 Å². The van der Waals surface area contributed by atoms with Crippen molar-refractivity contribution in [1.82, 2.24) is 0 Å². The molecule has 130 valence electrons. The third-order valence-electron chi connectivity index (χ3n) is 3.10. The van der Waals surface area contributed by atoms with Crippen LogP contribution in [-0.2, 0) is 19.1 Å². The van der Waals surface area contributed by atoms with Crippen LogP contribution in [0, 0.1) is 5.41 Å². The van der Waals surface area contributed by atoms with Crippen LogP contribution in [0.5, 0.6) is 0 Å². The monoisotopic (exact) mass is 326 g/mol. The highest BCUT2D eigenvalue weighted by Gasteiger charge is 2.34. The molecule has 0 heterocycles. The first-order valence-electron chi connectivity index (χ1n) is 7.20. The van der Waals surface area contributed by atoms with Crippen molar-refractivity contribution in [3.05, 3.63) is 0 Å². The molecule has 0 fully saturated rings. The van der Waals surface area contributed by atoms with E-state index in [-0.39, 0.29) is 11.8 Å². The minimum absolute atomic E-state index is 0.0344. The maximum atomic E-state index is 12.0. The predicted molar refractivity (Wildman–Crippen MR) is 75.1 cm³/mol. The smallest absolute Gasteiger partial charge is 0.422 e. The van der Waals surface area contributed by atoms with E-state index >= 15 is 0 Å². The lowest BCUT2D eigenvalue weighted by Crippen LogP contribution is -2.35. The molecule has 0 aromatic carbocycles. The van der Waals surface area contributed by atoms with Gasteiger partial charge in [-0.15, -0.1) is 0 Å². The van der Waals surface area contributed by atoms with Gasteiger partial charge in [-0.1, -0.05) is 27.7 Å². The average molecular weight is 326 g/mol. The zero-order chi connectivity index (χ0) is 17.6. The van der Waals surface area contributed by atoms with Crippen LogP contribution in [0.15, 0.2) is 0 Å². The summed E-state index contributed by atoms with van der Waals surface area (Å²) in [6.45, 7) is 7.50. The van der Waals surface area contributed by atoms with Gasteiger partial charge in [-0.25, -0.2) is 0 Å². The van der Waals surface area contributed by atoms with Crippen LogP contribution in [0.1, 0.15) is 60.3 Å². The fourth-order valence-corrected chi connectivity index (χ4v) is 1.55. The molecule has 0 saturated heterocycles. The van der Waals surface area contributed by atoms with Gasteiger partial charge < -0.3 is 9.47 Å². The molecule has 0 aromatic heterocycles. The minimum atomic E-state index is -4.57. The fourth-order valence-electron chi connectivity index (χ4n) is 1.55. The first-order valence-corrected chi connectivity index (χ1v) is 7.20. The molecule has 0 aromatic rings. The number of hydrogen-bond donors (Lipinski definition) is 0. The van der Waals surface area contributed by atoms with E-state index < -0.39 is 36.7 Å². The minimum Gasteiger partial charge on any atom is -0.459 e. The summed E-state index contributed by atoms with van der Waals surface area (Å²) in [5.74, 6) is -1.51. The molecule has 4 nitrogen and oxygen atoms in total. The van der Waals surface area contributed by atoms with Crippen molar-refractivity contribution in [1.29, 1.82) is 0 Å². The van der Waals surface area contributed by atoms with Crippen LogP contribution >= 0.6 is 0 Å². The first kappa shape index (κ1) is 20.7. The summed E-state index contributed by atoms with van der Waals surface area (Å²) < 4.78 is 45.4. The van der Waals surface area contributed by atoms with E-state index in [4.69, 9.17) is 4.74 Å². The Bertz CT molecular complexity index is 351. The lowest BCUT2D eigenvalue weighted by atomic mass is 9.90. The van der Waals surface area contributed by atoms with Crippen LogP contribution in [0.3, 0.4) is 0 Å². The van der Waals surface area contributed by atoms with Crippen LogP contribution in [-0.4, -0.2) is 30.3 Å². The Morgan fingerprint density at radius 3 is 1.95 bits per heavy atom. The Morgan fingerprint density at radius 2 is 1.55 bits per heavy atom.